The van der Waals surface area contributed by atoms with Gasteiger partial charge in [-0.2, -0.15) is 5.26 Å². The second-order valence-electron chi connectivity index (χ2n) is 2.45. The first-order valence-electron chi connectivity index (χ1n) is 3.61. The van der Waals surface area contributed by atoms with Crippen LogP contribution in [0.2, 0.25) is 0 Å². The SMILES string of the molecule is COC(=O)c1c(O)cc(I)cc1C#N. The lowest BCUT2D eigenvalue weighted by Crippen LogP contribution is -2.04. The second-order valence-corrected chi connectivity index (χ2v) is 3.70. The molecule has 0 heterocycles. The summed E-state index contributed by atoms with van der Waals surface area (Å²) in [6.45, 7) is 0. The molecule has 1 aromatic rings. The van der Waals surface area contributed by atoms with Crippen molar-refractivity contribution in [2.75, 3.05) is 7.11 Å². The Balaban J connectivity index is 3.42. The first kappa shape index (κ1) is 10.8. The third kappa shape index (κ3) is 1.96. The molecule has 0 amide bonds. The van der Waals surface area contributed by atoms with Crippen molar-refractivity contribution in [3.8, 4) is 11.8 Å². The quantitative estimate of drug-likeness (QED) is 0.632. The highest BCUT2D eigenvalue weighted by Crippen LogP contribution is 2.24. The average Bonchev–Trinajstić information content (AvgIpc) is 2.15. The third-order valence-corrected chi connectivity index (χ3v) is 2.22. The Bertz CT molecular complexity index is 423. The van der Waals surface area contributed by atoms with Crippen LogP contribution in [0.25, 0.3) is 0 Å². The smallest absolute Gasteiger partial charge is 0.343 e. The minimum absolute atomic E-state index is 0.0876. The van der Waals surface area contributed by atoms with Gasteiger partial charge >= 0.3 is 5.97 Å². The Labute approximate surface area is 94.2 Å². The summed E-state index contributed by atoms with van der Waals surface area (Å²) in [4.78, 5) is 11.2. The van der Waals surface area contributed by atoms with E-state index in [1.807, 2.05) is 28.7 Å². The van der Waals surface area contributed by atoms with E-state index in [2.05, 4.69) is 4.74 Å². The molecule has 0 atom stereocenters. The minimum atomic E-state index is -0.713. The molecule has 0 radical (unpaired) electrons. The summed E-state index contributed by atoms with van der Waals surface area (Å²) in [5, 5.41) is 18.2. The number of ether oxygens (including phenoxy) is 1. The van der Waals surface area contributed by atoms with Crippen LogP contribution in [-0.4, -0.2) is 18.2 Å². The van der Waals surface area contributed by atoms with Gasteiger partial charge in [-0.25, -0.2) is 4.79 Å². The second kappa shape index (κ2) is 4.28. The number of methoxy groups -OCH3 is 1. The number of benzene rings is 1. The maximum absolute atomic E-state index is 11.2. The first-order valence-corrected chi connectivity index (χ1v) is 4.69. The number of nitriles is 1. The number of hydrogen-bond acceptors (Lipinski definition) is 4. The third-order valence-electron chi connectivity index (χ3n) is 1.59. The number of hydrogen-bond donors (Lipinski definition) is 1. The number of rotatable bonds is 1. The van der Waals surface area contributed by atoms with Crippen LogP contribution in [0.4, 0.5) is 0 Å². The zero-order chi connectivity index (χ0) is 10.7. The highest BCUT2D eigenvalue weighted by molar-refractivity contribution is 14.1. The molecule has 4 nitrogen and oxygen atoms in total. The fraction of sp³-hybridized carbons (Fsp3) is 0.111. The van der Waals surface area contributed by atoms with Gasteiger partial charge in [0.05, 0.1) is 12.7 Å². The summed E-state index contributed by atoms with van der Waals surface area (Å²) in [6.07, 6.45) is 0. The molecule has 0 spiro atoms. The molecule has 14 heavy (non-hydrogen) atoms. The zero-order valence-corrected chi connectivity index (χ0v) is 9.40. The first-order chi connectivity index (χ1) is 6.60. The highest BCUT2D eigenvalue weighted by atomic mass is 127. The summed E-state index contributed by atoms with van der Waals surface area (Å²) < 4.78 is 5.13. The van der Waals surface area contributed by atoms with E-state index in [1.165, 1.54) is 19.2 Å². The summed E-state index contributed by atoms with van der Waals surface area (Å²) in [5.41, 5.74) is 0.0247. The molecule has 5 heteroatoms. The molecule has 0 fully saturated rings. The van der Waals surface area contributed by atoms with Crippen LogP contribution in [0.15, 0.2) is 12.1 Å². The van der Waals surface area contributed by atoms with Gasteiger partial charge in [0.1, 0.15) is 17.4 Å². The van der Waals surface area contributed by atoms with Crippen molar-refractivity contribution in [3.05, 3.63) is 26.8 Å². The van der Waals surface area contributed by atoms with E-state index >= 15 is 0 Å². The van der Waals surface area contributed by atoms with Gasteiger partial charge in [-0.05, 0) is 34.7 Å². The normalized spacial score (nSPS) is 9.21. The van der Waals surface area contributed by atoms with Crippen LogP contribution in [0.3, 0.4) is 0 Å². The summed E-state index contributed by atoms with van der Waals surface area (Å²) in [6, 6.07) is 4.73. The molecule has 0 saturated heterocycles. The van der Waals surface area contributed by atoms with Crippen molar-refractivity contribution in [3.63, 3.8) is 0 Å². The number of carbonyl (C=O) groups excluding carboxylic acids is 1. The molecule has 0 saturated carbocycles. The van der Waals surface area contributed by atoms with Crippen molar-refractivity contribution in [2.24, 2.45) is 0 Å². The summed E-state index contributed by atoms with van der Waals surface area (Å²) in [5.74, 6) is -0.948. The fourth-order valence-electron chi connectivity index (χ4n) is 0.997. The molecule has 72 valence electrons. The van der Waals surface area contributed by atoms with Gasteiger partial charge in [0.25, 0.3) is 0 Å². The molecular formula is C9H6INO3. The number of halogens is 1. The van der Waals surface area contributed by atoms with Crippen molar-refractivity contribution in [1.82, 2.24) is 0 Å². The van der Waals surface area contributed by atoms with Gasteiger partial charge in [0, 0.05) is 3.57 Å². The standard InChI is InChI=1S/C9H6INO3/c1-14-9(13)8-5(4-11)2-6(10)3-7(8)12/h2-3,12H,1H3. The van der Waals surface area contributed by atoms with E-state index < -0.39 is 5.97 Å². The molecule has 0 unspecified atom stereocenters. The van der Waals surface area contributed by atoms with E-state index in [0.717, 1.165) is 0 Å². The number of aromatic hydroxyl groups is 1. The monoisotopic (exact) mass is 303 g/mol. The number of nitrogens with zero attached hydrogens (tertiary/aromatic N) is 1. The average molecular weight is 303 g/mol. The molecule has 0 aliphatic carbocycles. The molecular weight excluding hydrogens is 297 g/mol. The van der Waals surface area contributed by atoms with Gasteiger partial charge in [0.2, 0.25) is 0 Å². The van der Waals surface area contributed by atoms with Crippen LogP contribution < -0.4 is 0 Å². The molecule has 1 aromatic carbocycles. The maximum atomic E-state index is 11.2. The predicted molar refractivity (Wildman–Crippen MR) is 56.9 cm³/mol. The Kier molecular flexibility index (Phi) is 3.30. The van der Waals surface area contributed by atoms with Gasteiger partial charge in [-0.1, -0.05) is 0 Å². The van der Waals surface area contributed by atoms with E-state index in [0.29, 0.717) is 3.57 Å². The van der Waals surface area contributed by atoms with Crippen molar-refractivity contribution in [2.45, 2.75) is 0 Å². The van der Waals surface area contributed by atoms with Crippen LogP contribution >= 0.6 is 22.6 Å². The lowest BCUT2D eigenvalue weighted by Gasteiger charge is -2.04. The van der Waals surface area contributed by atoms with Crippen LogP contribution in [-0.2, 0) is 4.74 Å². The number of phenolic OH excluding ortho intramolecular Hbond substituents is 1. The largest absolute Gasteiger partial charge is 0.507 e. The fourth-order valence-corrected chi connectivity index (χ4v) is 1.60. The van der Waals surface area contributed by atoms with E-state index in [1.54, 1.807) is 0 Å². The Morgan fingerprint density at radius 2 is 2.29 bits per heavy atom. The topological polar surface area (TPSA) is 70.3 Å². The molecule has 0 aliphatic heterocycles. The van der Waals surface area contributed by atoms with E-state index in [4.69, 9.17) is 5.26 Å². The highest BCUT2D eigenvalue weighted by Gasteiger charge is 2.17. The minimum Gasteiger partial charge on any atom is -0.507 e. The Morgan fingerprint density at radius 3 is 2.79 bits per heavy atom. The molecule has 0 aromatic heterocycles. The number of carbonyl (C=O) groups is 1. The van der Waals surface area contributed by atoms with Crippen molar-refractivity contribution in [1.29, 1.82) is 5.26 Å². The van der Waals surface area contributed by atoms with E-state index in [-0.39, 0.29) is 16.9 Å². The molecule has 1 rings (SSSR count). The molecule has 1 N–H and O–H groups in total. The Hall–Kier alpha value is -1.29. The molecule has 0 bridgehead atoms. The summed E-state index contributed by atoms with van der Waals surface area (Å²) >= 11 is 1.94. The van der Waals surface area contributed by atoms with Gasteiger partial charge in [-0.15, -0.1) is 0 Å². The van der Waals surface area contributed by atoms with Gasteiger partial charge < -0.3 is 9.84 Å². The van der Waals surface area contributed by atoms with Crippen LogP contribution in [0.1, 0.15) is 15.9 Å². The predicted octanol–water partition coefficient (Wildman–Crippen LogP) is 1.66. The maximum Gasteiger partial charge on any atom is 0.343 e. The Morgan fingerprint density at radius 1 is 1.64 bits per heavy atom. The van der Waals surface area contributed by atoms with E-state index in [9.17, 15) is 9.90 Å². The summed E-state index contributed by atoms with van der Waals surface area (Å²) in [7, 11) is 1.20. The number of phenols is 1. The lowest BCUT2D eigenvalue weighted by atomic mass is 10.1. The van der Waals surface area contributed by atoms with Gasteiger partial charge in [0.15, 0.2) is 0 Å². The van der Waals surface area contributed by atoms with Crippen molar-refractivity contribution < 1.29 is 14.6 Å². The van der Waals surface area contributed by atoms with Crippen LogP contribution in [0, 0.1) is 14.9 Å². The zero-order valence-electron chi connectivity index (χ0n) is 7.24. The lowest BCUT2D eigenvalue weighted by molar-refractivity contribution is 0.0597. The van der Waals surface area contributed by atoms with Gasteiger partial charge in [-0.3, -0.25) is 0 Å². The number of esters is 1. The van der Waals surface area contributed by atoms with Crippen molar-refractivity contribution >= 4 is 28.6 Å². The molecule has 0 aliphatic rings. The van der Waals surface area contributed by atoms with Crippen LogP contribution in [0.5, 0.6) is 5.75 Å².